The highest BCUT2D eigenvalue weighted by atomic mass is 16.2. The average molecular weight is 438 g/mol. The second-order valence-electron chi connectivity index (χ2n) is 9.06. The summed E-state index contributed by atoms with van der Waals surface area (Å²) in [5.74, 6) is 1.12. The Morgan fingerprint density at radius 2 is 1.56 bits per heavy atom. The number of benzene rings is 1. The van der Waals surface area contributed by atoms with E-state index in [1.165, 1.54) is 6.42 Å². The van der Waals surface area contributed by atoms with E-state index >= 15 is 0 Å². The second-order valence-corrected chi connectivity index (χ2v) is 9.06. The molecule has 2 saturated heterocycles. The third-order valence-electron chi connectivity index (χ3n) is 7.10. The van der Waals surface area contributed by atoms with Crippen LogP contribution in [0.15, 0.2) is 30.3 Å². The van der Waals surface area contributed by atoms with Crippen molar-refractivity contribution < 1.29 is 9.59 Å². The van der Waals surface area contributed by atoms with Gasteiger partial charge in [-0.1, -0.05) is 42.6 Å². The Morgan fingerprint density at radius 3 is 2.31 bits per heavy atom. The molecule has 3 aliphatic rings. The second kappa shape index (κ2) is 9.26. The van der Waals surface area contributed by atoms with Crippen LogP contribution in [0.5, 0.6) is 0 Å². The number of hydrogen-bond acceptors (Lipinski definition) is 6. The van der Waals surface area contributed by atoms with Gasteiger partial charge in [0, 0.05) is 38.6 Å². The number of carbonyl (C=O) groups excluding carboxylic acids is 2. The van der Waals surface area contributed by atoms with Crippen LogP contribution in [0.3, 0.4) is 0 Å². The topological polar surface area (TPSA) is 87.5 Å². The number of nitrogens with zero attached hydrogens (tertiary/aromatic N) is 7. The Bertz CT molecular complexity index is 933. The summed E-state index contributed by atoms with van der Waals surface area (Å²) in [4.78, 5) is 32.4. The highest BCUT2D eigenvalue weighted by molar-refractivity contribution is 5.89. The summed E-state index contributed by atoms with van der Waals surface area (Å²) in [6.07, 6.45) is 7.14. The zero-order valence-corrected chi connectivity index (χ0v) is 18.5. The molecule has 0 bridgehead atoms. The smallest absolute Gasteiger partial charge is 0.250 e. The first-order valence-electron chi connectivity index (χ1n) is 11.9. The monoisotopic (exact) mass is 437 g/mol. The van der Waals surface area contributed by atoms with Gasteiger partial charge in [-0.05, 0) is 48.2 Å². The fraction of sp³-hybridized carbons (Fsp3) is 0.609. The van der Waals surface area contributed by atoms with E-state index in [1.54, 1.807) is 4.68 Å². The quantitative estimate of drug-likeness (QED) is 0.726. The standard InChI is InChI=1S/C23H31N7O2/c31-21(18-8-3-1-4-9-18)29-13-7-12-20(29)22(32)27-14-16-28(17-15-27)23-24-25-26-30(23)19-10-5-2-6-11-19/h2,5-6,10-11,18,20H,1,3-4,7-9,12-17H2. The van der Waals surface area contributed by atoms with Gasteiger partial charge in [-0.3, -0.25) is 9.59 Å². The van der Waals surface area contributed by atoms with E-state index in [4.69, 9.17) is 0 Å². The maximum atomic E-state index is 13.3. The van der Waals surface area contributed by atoms with E-state index < -0.39 is 0 Å². The van der Waals surface area contributed by atoms with Crippen molar-refractivity contribution in [1.82, 2.24) is 30.0 Å². The van der Waals surface area contributed by atoms with E-state index in [9.17, 15) is 9.59 Å². The van der Waals surface area contributed by atoms with E-state index in [2.05, 4.69) is 20.4 Å². The summed E-state index contributed by atoms with van der Waals surface area (Å²) < 4.78 is 1.74. The van der Waals surface area contributed by atoms with Crippen molar-refractivity contribution in [3.8, 4) is 5.69 Å². The van der Waals surface area contributed by atoms with Gasteiger partial charge in [-0.25, -0.2) is 0 Å². The summed E-state index contributed by atoms with van der Waals surface area (Å²) in [5.41, 5.74) is 0.911. The summed E-state index contributed by atoms with van der Waals surface area (Å²) >= 11 is 0. The maximum Gasteiger partial charge on any atom is 0.250 e. The number of anilines is 1. The molecule has 2 aromatic rings. The predicted molar refractivity (Wildman–Crippen MR) is 119 cm³/mol. The number of carbonyl (C=O) groups is 2. The summed E-state index contributed by atoms with van der Waals surface area (Å²) in [6.45, 7) is 3.28. The highest BCUT2D eigenvalue weighted by Crippen LogP contribution is 2.29. The van der Waals surface area contributed by atoms with Crippen LogP contribution in [0.2, 0.25) is 0 Å². The third kappa shape index (κ3) is 4.08. The molecular weight excluding hydrogens is 406 g/mol. The van der Waals surface area contributed by atoms with Crippen LogP contribution in [0, 0.1) is 5.92 Å². The minimum Gasteiger partial charge on any atom is -0.337 e. The zero-order chi connectivity index (χ0) is 21.9. The lowest BCUT2D eigenvalue weighted by atomic mass is 9.88. The fourth-order valence-electron chi connectivity index (χ4n) is 5.32. The first kappa shape index (κ1) is 20.9. The molecule has 1 aromatic heterocycles. The molecule has 1 unspecified atom stereocenters. The highest BCUT2D eigenvalue weighted by Gasteiger charge is 2.39. The van der Waals surface area contributed by atoms with Gasteiger partial charge in [0.1, 0.15) is 6.04 Å². The van der Waals surface area contributed by atoms with Gasteiger partial charge < -0.3 is 14.7 Å². The molecule has 3 fully saturated rings. The molecule has 2 amide bonds. The lowest BCUT2D eigenvalue weighted by Gasteiger charge is -2.38. The molecule has 5 rings (SSSR count). The minimum atomic E-state index is -0.286. The van der Waals surface area contributed by atoms with E-state index in [-0.39, 0.29) is 23.8 Å². The molecule has 1 aromatic carbocycles. The van der Waals surface area contributed by atoms with Gasteiger partial charge >= 0.3 is 0 Å². The van der Waals surface area contributed by atoms with E-state index in [0.29, 0.717) is 32.1 Å². The molecular formula is C23H31N7O2. The number of piperazine rings is 1. The number of rotatable bonds is 4. The van der Waals surface area contributed by atoms with Gasteiger partial charge in [0.2, 0.25) is 17.8 Å². The molecule has 3 heterocycles. The molecule has 0 spiro atoms. The van der Waals surface area contributed by atoms with Crippen molar-refractivity contribution in [2.75, 3.05) is 37.6 Å². The Balaban J connectivity index is 1.21. The van der Waals surface area contributed by atoms with E-state index in [1.807, 2.05) is 40.1 Å². The normalized spacial score (nSPS) is 22.4. The SMILES string of the molecule is O=C(C1CCCN1C(=O)C1CCCCC1)N1CCN(c2nnnn2-c2ccccc2)CC1. The summed E-state index contributed by atoms with van der Waals surface area (Å²) in [7, 11) is 0. The largest absolute Gasteiger partial charge is 0.337 e. The van der Waals surface area contributed by atoms with Crippen LogP contribution < -0.4 is 4.90 Å². The van der Waals surface area contributed by atoms with Crippen LogP contribution in [-0.2, 0) is 9.59 Å². The van der Waals surface area contributed by atoms with Crippen LogP contribution >= 0.6 is 0 Å². The predicted octanol–water partition coefficient (Wildman–Crippen LogP) is 1.88. The number of para-hydroxylation sites is 1. The molecule has 0 radical (unpaired) electrons. The van der Waals surface area contributed by atoms with Crippen molar-refractivity contribution >= 4 is 17.8 Å². The van der Waals surface area contributed by atoms with Crippen molar-refractivity contribution in [3.63, 3.8) is 0 Å². The molecule has 2 aliphatic heterocycles. The van der Waals surface area contributed by atoms with Crippen LogP contribution in [0.4, 0.5) is 5.95 Å². The summed E-state index contributed by atoms with van der Waals surface area (Å²) in [6, 6.07) is 9.53. The Morgan fingerprint density at radius 1 is 0.812 bits per heavy atom. The van der Waals surface area contributed by atoms with Gasteiger partial charge in [-0.15, -0.1) is 0 Å². The van der Waals surface area contributed by atoms with Crippen molar-refractivity contribution in [3.05, 3.63) is 30.3 Å². The van der Waals surface area contributed by atoms with Crippen LogP contribution in [0.1, 0.15) is 44.9 Å². The molecule has 0 N–H and O–H groups in total. The molecule has 1 atom stereocenters. The molecule has 1 aliphatic carbocycles. The maximum absolute atomic E-state index is 13.3. The van der Waals surface area contributed by atoms with Gasteiger partial charge in [0.15, 0.2) is 0 Å². The number of amides is 2. The first-order valence-corrected chi connectivity index (χ1v) is 11.9. The van der Waals surface area contributed by atoms with Gasteiger partial charge in [-0.2, -0.15) is 4.68 Å². The average Bonchev–Trinajstić information content (AvgIpc) is 3.55. The molecule has 32 heavy (non-hydrogen) atoms. The lowest BCUT2D eigenvalue weighted by Crippen LogP contribution is -2.55. The van der Waals surface area contributed by atoms with E-state index in [0.717, 1.165) is 50.8 Å². The number of likely N-dealkylation sites (tertiary alicyclic amines) is 1. The van der Waals surface area contributed by atoms with Crippen molar-refractivity contribution in [2.24, 2.45) is 5.92 Å². The zero-order valence-electron chi connectivity index (χ0n) is 18.5. The number of tetrazole rings is 1. The lowest BCUT2D eigenvalue weighted by molar-refractivity contribution is -0.146. The van der Waals surface area contributed by atoms with Crippen LogP contribution in [0.25, 0.3) is 5.69 Å². The first-order chi connectivity index (χ1) is 15.7. The Hall–Kier alpha value is -2.97. The van der Waals surface area contributed by atoms with Crippen molar-refractivity contribution in [2.45, 2.75) is 51.0 Å². The molecule has 9 heteroatoms. The minimum absolute atomic E-state index is 0.106. The molecule has 170 valence electrons. The van der Waals surface area contributed by atoms with Gasteiger partial charge in [0.05, 0.1) is 5.69 Å². The Labute approximate surface area is 188 Å². The Kier molecular flexibility index (Phi) is 6.05. The van der Waals surface area contributed by atoms with Crippen molar-refractivity contribution in [1.29, 1.82) is 0 Å². The molecule has 9 nitrogen and oxygen atoms in total. The van der Waals surface area contributed by atoms with Crippen LogP contribution in [-0.4, -0.2) is 80.6 Å². The fourth-order valence-corrected chi connectivity index (χ4v) is 5.32. The summed E-state index contributed by atoms with van der Waals surface area (Å²) in [5, 5.41) is 12.2. The number of aromatic nitrogens is 4. The third-order valence-corrected chi connectivity index (χ3v) is 7.10. The number of hydrogen-bond donors (Lipinski definition) is 0. The van der Waals surface area contributed by atoms with Gasteiger partial charge in [0.25, 0.3) is 0 Å². The molecule has 1 saturated carbocycles.